The Morgan fingerprint density at radius 1 is 0.745 bits per heavy atom. The van der Waals surface area contributed by atoms with Crippen molar-refractivity contribution in [1.82, 2.24) is 34.7 Å². The molecule has 15 nitrogen and oxygen atoms in total. The molecule has 4 atom stereocenters. The van der Waals surface area contributed by atoms with Crippen LogP contribution in [-0.2, 0) is 44.0 Å². The quantitative estimate of drug-likeness (QED) is 0.266. The van der Waals surface area contributed by atoms with Gasteiger partial charge in [0.1, 0.15) is 26.9 Å². The number of fused-ring (bicyclic) bond motifs is 3. The number of rotatable bonds is 6. The molecule has 0 aliphatic carbocycles. The number of benzene rings is 1. The number of likely N-dealkylation sites (tertiary alicyclic amines) is 2. The molecule has 2 N–H and O–H groups in total. The molecule has 18 heteroatoms. The fourth-order valence-corrected chi connectivity index (χ4v) is 10.5. The maximum atomic E-state index is 12.7. The van der Waals surface area contributed by atoms with Crippen LogP contribution >= 0.6 is 11.6 Å². The van der Waals surface area contributed by atoms with Crippen molar-refractivity contribution < 1.29 is 22.4 Å². The summed E-state index contributed by atoms with van der Waals surface area (Å²) in [5.41, 5.74) is 3.39. The van der Waals surface area contributed by atoms with E-state index in [1.807, 2.05) is 31.3 Å². The maximum Gasteiger partial charge on any atom is 0.227 e. The number of hydrogen-bond acceptors (Lipinski definition) is 13. The molecule has 3 aromatic heterocycles. The van der Waals surface area contributed by atoms with Gasteiger partial charge in [0.2, 0.25) is 23.0 Å². The van der Waals surface area contributed by atoms with E-state index in [9.17, 15) is 18.0 Å². The second-order valence-corrected chi connectivity index (χ2v) is 17.8. The minimum Gasteiger partial charge on any atom is -0.440 e. The lowest BCUT2D eigenvalue weighted by Gasteiger charge is -2.32. The molecule has 294 valence electrons. The molecule has 2 unspecified atom stereocenters. The molecule has 5 aliphatic heterocycles. The van der Waals surface area contributed by atoms with Crippen molar-refractivity contribution >= 4 is 73.7 Å². The van der Waals surface area contributed by atoms with E-state index in [1.165, 1.54) is 0 Å². The van der Waals surface area contributed by atoms with Crippen LogP contribution in [-0.4, -0.2) is 119 Å². The molecule has 1 aromatic carbocycles. The van der Waals surface area contributed by atoms with E-state index in [2.05, 4.69) is 25.5 Å². The lowest BCUT2D eigenvalue weighted by Crippen LogP contribution is -2.43. The van der Waals surface area contributed by atoms with Gasteiger partial charge >= 0.3 is 0 Å². The normalized spacial score (nSPS) is 23.9. The maximum absolute atomic E-state index is 12.7. The van der Waals surface area contributed by atoms with Crippen LogP contribution < -0.4 is 15.5 Å². The molecule has 5 aliphatic rings. The number of halogens is 1. The summed E-state index contributed by atoms with van der Waals surface area (Å²) < 4.78 is 30.7. The van der Waals surface area contributed by atoms with Gasteiger partial charge in [-0.1, -0.05) is 19.6 Å². The molecule has 0 saturated carbocycles. The first-order valence-electron chi connectivity index (χ1n) is 18.4. The van der Waals surface area contributed by atoms with Gasteiger partial charge in [-0.05, 0) is 49.4 Å². The molecule has 4 aromatic rings. The Morgan fingerprint density at radius 2 is 1.31 bits per heavy atom. The highest BCUT2D eigenvalue weighted by atomic mass is 35.5. The van der Waals surface area contributed by atoms with E-state index in [0.29, 0.717) is 72.8 Å². The highest BCUT2D eigenvalue weighted by Gasteiger charge is 2.33. The van der Waals surface area contributed by atoms with Gasteiger partial charge in [-0.25, -0.2) is 15.0 Å². The highest BCUT2D eigenvalue weighted by Crippen LogP contribution is 2.35. The molecule has 3 fully saturated rings. The number of hydrogen-bond donors (Lipinski definition) is 2. The van der Waals surface area contributed by atoms with Gasteiger partial charge in [0.15, 0.2) is 11.5 Å². The van der Waals surface area contributed by atoms with Crippen LogP contribution in [0.4, 0.5) is 17.6 Å². The Labute approximate surface area is 330 Å². The summed E-state index contributed by atoms with van der Waals surface area (Å²) in [6, 6.07) is 8.07. The first-order valence-corrected chi connectivity index (χ1v) is 21.5. The molecule has 55 heavy (non-hydrogen) atoms. The van der Waals surface area contributed by atoms with Gasteiger partial charge in [0.25, 0.3) is 0 Å². The molecule has 0 spiro atoms. The van der Waals surface area contributed by atoms with Crippen molar-refractivity contribution in [1.29, 1.82) is 0 Å². The zero-order valence-corrected chi connectivity index (χ0v) is 32.6. The predicted molar refractivity (Wildman–Crippen MR) is 213 cm³/mol. The summed E-state index contributed by atoms with van der Waals surface area (Å²) in [6.07, 6.45) is 5.72. The van der Waals surface area contributed by atoms with E-state index in [0.717, 1.165) is 72.0 Å². The van der Waals surface area contributed by atoms with Crippen LogP contribution in [0.1, 0.15) is 69.1 Å². The monoisotopic (exact) mass is 810 g/mol. The minimum absolute atomic E-state index is 0. The van der Waals surface area contributed by atoms with Crippen LogP contribution in [0.2, 0.25) is 5.28 Å². The summed E-state index contributed by atoms with van der Waals surface area (Å²) in [7, 11) is 1.46. The number of anilines is 3. The highest BCUT2D eigenvalue weighted by molar-refractivity contribution is 7.85. The molecule has 0 radical (unpaired) electrons. The second-order valence-electron chi connectivity index (χ2n) is 14.5. The van der Waals surface area contributed by atoms with Crippen LogP contribution in [0.25, 0.3) is 11.1 Å². The van der Waals surface area contributed by atoms with Crippen molar-refractivity contribution in [3.8, 4) is 0 Å². The predicted octanol–water partition coefficient (Wildman–Crippen LogP) is 4.16. The number of carbonyl (C=O) groups is 2. The number of aryl methyl sites for hydroxylation is 2. The molecule has 3 saturated heterocycles. The van der Waals surface area contributed by atoms with E-state index >= 15 is 0 Å². The van der Waals surface area contributed by atoms with Gasteiger partial charge in [0.05, 0.1) is 33.0 Å². The van der Waals surface area contributed by atoms with E-state index in [-0.39, 0.29) is 42.5 Å². The molecular formula is C37H47ClN10O5S2. The summed E-state index contributed by atoms with van der Waals surface area (Å²) in [5.74, 6) is 4.48. The van der Waals surface area contributed by atoms with Crippen LogP contribution in [0.15, 0.2) is 38.5 Å². The smallest absolute Gasteiger partial charge is 0.227 e. The van der Waals surface area contributed by atoms with Crippen molar-refractivity contribution in [2.75, 3.05) is 67.3 Å². The number of para-hydroxylation sites is 2. The third-order valence-corrected chi connectivity index (χ3v) is 13.8. The number of aromatic nitrogens is 5. The molecule has 8 heterocycles. The summed E-state index contributed by atoms with van der Waals surface area (Å²) in [4.78, 5) is 53.1. The lowest BCUT2D eigenvalue weighted by molar-refractivity contribution is -0.132. The Kier molecular flexibility index (Phi) is 11.7. The van der Waals surface area contributed by atoms with Gasteiger partial charge < -0.3 is 29.8 Å². The van der Waals surface area contributed by atoms with E-state index in [1.54, 1.807) is 16.8 Å². The van der Waals surface area contributed by atoms with Crippen molar-refractivity contribution in [3.05, 3.63) is 46.8 Å². The van der Waals surface area contributed by atoms with Crippen LogP contribution in [0.5, 0.6) is 0 Å². The second kappa shape index (κ2) is 16.5. The third kappa shape index (κ3) is 8.33. The van der Waals surface area contributed by atoms with Crippen LogP contribution in [0.3, 0.4) is 0 Å². The average molecular weight is 811 g/mol. The van der Waals surface area contributed by atoms with Gasteiger partial charge in [-0.2, -0.15) is 9.97 Å². The lowest BCUT2D eigenvalue weighted by atomic mass is 9.97. The summed E-state index contributed by atoms with van der Waals surface area (Å²) >= 11 is 5.92. The molecule has 9 rings (SSSR count). The number of piperidine rings is 3. The summed E-state index contributed by atoms with van der Waals surface area (Å²) in [5, 5.41) is 6.95. The fraction of sp³-hybridized carbons (Fsp3) is 0.541. The fourth-order valence-electron chi connectivity index (χ4n) is 7.73. The topological polar surface area (TPSA) is 180 Å². The molecule has 0 bridgehead atoms. The Hall–Kier alpha value is -4.22. The number of oxazole rings is 1. The first kappa shape index (κ1) is 39.0. The number of nitrogens with one attached hydrogen (secondary N) is 2. The van der Waals surface area contributed by atoms with Crippen molar-refractivity contribution in [2.45, 2.75) is 86.6 Å². The SMILES string of the molecule is C.CN1C[C@@H](Nc2nc(Cl)nc3c2S(=O)CC3)CCC1=O.CN1C[C@@H](Nc2nc(N3CCC(c4nc5ccccc5o4)CC3)nc3c2S(=O)CC3)CCC1=O. The van der Waals surface area contributed by atoms with Crippen molar-refractivity contribution in [2.24, 2.45) is 0 Å². The Morgan fingerprint density at radius 3 is 1.89 bits per heavy atom. The zero-order chi connectivity index (χ0) is 37.5. The van der Waals surface area contributed by atoms with Crippen molar-refractivity contribution in [3.63, 3.8) is 0 Å². The number of amides is 2. The average Bonchev–Trinajstić information content (AvgIpc) is 3.88. The minimum atomic E-state index is -1.09. The van der Waals surface area contributed by atoms with E-state index < -0.39 is 21.6 Å². The first-order chi connectivity index (χ1) is 26.1. The van der Waals surface area contributed by atoms with Gasteiger partial charge in [-0.3, -0.25) is 18.0 Å². The summed E-state index contributed by atoms with van der Waals surface area (Å²) in [6.45, 7) is 2.86. The number of carbonyl (C=O) groups excluding carboxylic acids is 2. The van der Waals surface area contributed by atoms with Gasteiger partial charge in [-0.15, -0.1) is 0 Å². The van der Waals surface area contributed by atoms with E-state index in [4.69, 9.17) is 31.0 Å². The standard InChI is InChI=1S/C24H28N6O3S.C12H15ClN4O2S.CH4/c1-29-14-16(6-7-20(29)31)25-22-21-18(10-13-34(21)32)27-24(28-22)30-11-8-15(9-12-30)23-26-17-4-2-3-5-19(17)33-23;1-17-6-7(2-3-9(17)18)14-11-10-8(4-5-20(10)19)15-12(13)16-11;/h2-5,15-16H,6-14H2,1H3,(H,25,27,28);7H,2-6H2,1H3,(H,14,15,16);1H4/t16-,34?;7-,20?;/m00./s1. The number of likely N-dealkylation sites (N-methyl/N-ethyl adjacent to an activating group) is 2. The largest absolute Gasteiger partial charge is 0.440 e. The third-order valence-electron chi connectivity index (χ3n) is 10.7. The van der Waals surface area contributed by atoms with Crippen LogP contribution in [0, 0.1) is 0 Å². The molecular weight excluding hydrogens is 764 g/mol. The zero-order valence-electron chi connectivity index (χ0n) is 30.3. The van der Waals surface area contributed by atoms with Gasteiger partial charge in [0, 0.05) is 95.5 Å². The number of nitrogens with zero attached hydrogens (tertiary/aromatic N) is 8. The molecule has 2 amide bonds. The Bertz CT molecular complexity index is 2110. The Balaban J connectivity index is 0.000000190.